The number of ether oxygens (including phenoxy) is 1. The highest BCUT2D eigenvalue weighted by Crippen LogP contribution is 2.25. The Morgan fingerprint density at radius 1 is 1.45 bits per heavy atom. The molecule has 1 aromatic heterocycles. The summed E-state index contributed by atoms with van der Waals surface area (Å²) >= 11 is 0. The minimum Gasteiger partial charge on any atom is -0.476 e. The van der Waals surface area contributed by atoms with Crippen LogP contribution in [0.25, 0.3) is 0 Å². The van der Waals surface area contributed by atoms with Gasteiger partial charge in [-0.2, -0.15) is 5.10 Å². The molecule has 2 heterocycles. The van der Waals surface area contributed by atoms with Gasteiger partial charge in [-0.15, -0.1) is 0 Å². The largest absolute Gasteiger partial charge is 0.476 e. The molecular formula is C14H24N4O2. The highest BCUT2D eigenvalue weighted by atomic mass is 16.5. The first-order valence-electron chi connectivity index (χ1n) is 7.38. The Kier molecular flexibility index (Phi) is 5.00. The maximum atomic E-state index is 12.1. The third kappa shape index (κ3) is 3.12. The molecule has 0 spiro atoms. The predicted molar refractivity (Wildman–Crippen MR) is 77.2 cm³/mol. The highest BCUT2D eigenvalue weighted by Gasteiger charge is 2.23. The average molecular weight is 280 g/mol. The van der Waals surface area contributed by atoms with E-state index >= 15 is 0 Å². The van der Waals surface area contributed by atoms with E-state index in [1.165, 1.54) is 0 Å². The SMILES string of the molecule is CCN(CC)CCCNC(=O)c1nn2c(c1C)OCC2. The quantitative estimate of drug-likeness (QED) is 0.758. The van der Waals surface area contributed by atoms with Gasteiger partial charge in [-0.1, -0.05) is 13.8 Å². The van der Waals surface area contributed by atoms with Crippen molar-refractivity contribution in [2.24, 2.45) is 0 Å². The molecule has 0 bridgehead atoms. The Balaban J connectivity index is 1.81. The van der Waals surface area contributed by atoms with E-state index in [0.717, 1.165) is 44.0 Å². The smallest absolute Gasteiger partial charge is 0.272 e. The van der Waals surface area contributed by atoms with Gasteiger partial charge in [-0.25, -0.2) is 4.68 Å². The summed E-state index contributed by atoms with van der Waals surface area (Å²) in [4.78, 5) is 14.4. The molecule has 0 radical (unpaired) electrons. The molecule has 1 aliphatic heterocycles. The standard InChI is InChI=1S/C14H24N4O2/c1-4-17(5-2)8-6-7-15-13(19)12-11(3)14-18(16-12)9-10-20-14/h4-10H2,1-3H3,(H,15,19). The Morgan fingerprint density at radius 3 is 2.85 bits per heavy atom. The molecule has 112 valence electrons. The van der Waals surface area contributed by atoms with E-state index < -0.39 is 0 Å². The Hall–Kier alpha value is -1.56. The number of rotatable bonds is 7. The Labute approximate surface area is 120 Å². The van der Waals surface area contributed by atoms with Gasteiger partial charge in [-0.05, 0) is 33.0 Å². The van der Waals surface area contributed by atoms with E-state index in [4.69, 9.17) is 4.74 Å². The molecule has 2 rings (SSSR count). The molecule has 1 N–H and O–H groups in total. The average Bonchev–Trinajstić information content (AvgIpc) is 3.02. The van der Waals surface area contributed by atoms with Gasteiger partial charge in [0.05, 0.1) is 6.54 Å². The molecule has 0 fully saturated rings. The van der Waals surface area contributed by atoms with Crippen molar-refractivity contribution in [1.29, 1.82) is 0 Å². The van der Waals surface area contributed by atoms with Crippen LogP contribution in [0.3, 0.4) is 0 Å². The fourth-order valence-electron chi connectivity index (χ4n) is 2.44. The lowest BCUT2D eigenvalue weighted by Gasteiger charge is -2.17. The number of hydrogen-bond donors (Lipinski definition) is 1. The Morgan fingerprint density at radius 2 is 2.20 bits per heavy atom. The predicted octanol–water partition coefficient (Wildman–Crippen LogP) is 1.05. The van der Waals surface area contributed by atoms with Crippen LogP contribution in [0, 0.1) is 6.92 Å². The summed E-state index contributed by atoms with van der Waals surface area (Å²) in [5.74, 6) is 0.630. The van der Waals surface area contributed by atoms with Crippen LogP contribution in [-0.4, -0.2) is 53.4 Å². The summed E-state index contributed by atoms with van der Waals surface area (Å²) in [5, 5.41) is 7.24. The zero-order valence-corrected chi connectivity index (χ0v) is 12.6. The molecule has 1 aromatic rings. The molecule has 6 nitrogen and oxygen atoms in total. The van der Waals surface area contributed by atoms with Gasteiger partial charge >= 0.3 is 0 Å². The summed E-state index contributed by atoms with van der Waals surface area (Å²) in [7, 11) is 0. The molecule has 1 aliphatic rings. The second kappa shape index (κ2) is 6.74. The molecule has 0 saturated carbocycles. The minimum absolute atomic E-state index is 0.104. The van der Waals surface area contributed by atoms with E-state index in [0.29, 0.717) is 18.8 Å². The second-order valence-corrected chi connectivity index (χ2v) is 4.99. The van der Waals surface area contributed by atoms with Gasteiger partial charge in [0.25, 0.3) is 5.91 Å². The van der Waals surface area contributed by atoms with Gasteiger partial charge in [-0.3, -0.25) is 4.79 Å². The first-order valence-corrected chi connectivity index (χ1v) is 7.38. The van der Waals surface area contributed by atoms with Crippen molar-refractivity contribution in [3.8, 4) is 5.88 Å². The van der Waals surface area contributed by atoms with Crippen molar-refractivity contribution >= 4 is 5.91 Å². The molecule has 20 heavy (non-hydrogen) atoms. The van der Waals surface area contributed by atoms with E-state index in [1.54, 1.807) is 4.68 Å². The number of amides is 1. The van der Waals surface area contributed by atoms with Crippen LogP contribution in [0.1, 0.15) is 36.3 Å². The van der Waals surface area contributed by atoms with Gasteiger partial charge in [0.2, 0.25) is 5.88 Å². The van der Waals surface area contributed by atoms with Crippen molar-refractivity contribution in [2.45, 2.75) is 33.7 Å². The summed E-state index contributed by atoms with van der Waals surface area (Å²) < 4.78 is 7.22. The third-order valence-corrected chi connectivity index (χ3v) is 3.72. The van der Waals surface area contributed by atoms with E-state index in [9.17, 15) is 4.79 Å². The molecule has 6 heteroatoms. The minimum atomic E-state index is -0.104. The normalized spacial score (nSPS) is 13.4. The van der Waals surface area contributed by atoms with Crippen LogP contribution in [0.15, 0.2) is 0 Å². The summed E-state index contributed by atoms with van der Waals surface area (Å²) in [6.07, 6.45) is 0.955. The lowest BCUT2D eigenvalue weighted by Crippen LogP contribution is -2.30. The second-order valence-electron chi connectivity index (χ2n) is 4.99. The number of aromatic nitrogens is 2. The first-order chi connectivity index (χ1) is 9.67. The lowest BCUT2D eigenvalue weighted by atomic mass is 10.2. The molecule has 1 amide bonds. The van der Waals surface area contributed by atoms with E-state index in [2.05, 4.69) is 29.2 Å². The van der Waals surface area contributed by atoms with Crippen molar-refractivity contribution in [2.75, 3.05) is 32.8 Å². The summed E-state index contributed by atoms with van der Waals surface area (Å²) in [6.45, 7) is 11.3. The van der Waals surface area contributed by atoms with Crippen LogP contribution in [0.5, 0.6) is 5.88 Å². The van der Waals surface area contributed by atoms with Gasteiger partial charge < -0.3 is 15.0 Å². The van der Waals surface area contributed by atoms with Gasteiger partial charge in [0.15, 0.2) is 5.69 Å². The summed E-state index contributed by atoms with van der Waals surface area (Å²) in [5.41, 5.74) is 1.33. The zero-order valence-electron chi connectivity index (χ0n) is 12.6. The summed E-state index contributed by atoms with van der Waals surface area (Å²) in [6, 6.07) is 0. The topological polar surface area (TPSA) is 59.4 Å². The van der Waals surface area contributed by atoms with Crippen molar-refractivity contribution in [3.63, 3.8) is 0 Å². The number of nitrogens with zero attached hydrogens (tertiary/aromatic N) is 3. The van der Waals surface area contributed by atoms with Crippen LogP contribution < -0.4 is 10.1 Å². The molecule has 0 saturated heterocycles. The maximum absolute atomic E-state index is 12.1. The number of nitrogens with one attached hydrogen (secondary N) is 1. The van der Waals surface area contributed by atoms with Crippen molar-refractivity contribution < 1.29 is 9.53 Å². The third-order valence-electron chi connectivity index (χ3n) is 3.72. The first kappa shape index (κ1) is 14.8. The van der Waals surface area contributed by atoms with Crippen molar-refractivity contribution in [1.82, 2.24) is 20.0 Å². The number of carbonyl (C=O) groups excluding carboxylic acids is 1. The van der Waals surface area contributed by atoms with Gasteiger partial charge in [0, 0.05) is 12.1 Å². The highest BCUT2D eigenvalue weighted by molar-refractivity contribution is 5.94. The van der Waals surface area contributed by atoms with Crippen LogP contribution in [0.2, 0.25) is 0 Å². The maximum Gasteiger partial charge on any atom is 0.272 e. The van der Waals surface area contributed by atoms with E-state index in [1.807, 2.05) is 6.92 Å². The molecular weight excluding hydrogens is 256 g/mol. The van der Waals surface area contributed by atoms with Crippen LogP contribution in [-0.2, 0) is 6.54 Å². The number of fused-ring (bicyclic) bond motifs is 1. The molecule has 0 unspecified atom stereocenters. The lowest BCUT2D eigenvalue weighted by molar-refractivity contribution is 0.0945. The monoisotopic (exact) mass is 280 g/mol. The zero-order chi connectivity index (χ0) is 14.5. The fraction of sp³-hybridized carbons (Fsp3) is 0.714. The van der Waals surface area contributed by atoms with Crippen LogP contribution >= 0.6 is 0 Å². The number of hydrogen-bond acceptors (Lipinski definition) is 4. The molecule has 0 aromatic carbocycles. The van der Waals surface area contributed by atoms with Crippen LogP contribution in [0.4, 0.5) is 0 Å². The van der Waals surface area contributed by atoms with Crippen molar-refractivity contribution in [3.05, 3.63) is 11.3 Å². The Bertz CT molecular complexity index is 466. The van der Waals surface area contributed by atoms with E-state index in [-0.39, 0.29) is 5.91 Å². The fourth-order valence-corrected chi connectivity index (χ4v) is 2.44. The number of carbonyl (C=O) groups is 1. The van der Waals surface area contributed by atoms with Gasteiger partial charge in [0.1, 0.15) is 6.61 Å². The molecule has 0 aliphatic carbocycles. The molecule has 0 atom stereocenters.